The lowest BCUT2D eigenvalue weighted by molar-refractivity contribution is -0.153. The highest BCUT2D eigenvalue weighted by Crippen LogP contribution is 2.28. The topological polar surface area (TPSA) is 40.6 Å². The van der Waals surface area contributed by atoms with Crippen molar-refractivity contribution in [2.75, 3.05) is 13.1 Å². The van der Waals surface area contributed by atoms with Crippen LogP contribution in [0, 0.1) is 0 Å². The van der Waals surface area contributed by atoms with Crippen LogP contribution in [0.3, 0.4) is 0 Å². The minimum Gasteiger partial charge on any atom is -0.312 e. The third-order valence-corrected chi connectivity index (χ3v) is 3.12. The molecule has 0 saturated carbocycles. The minimum atomic E-state index is -4.53. The molecule has 2 saturated heterocycles. The Balaban J connectivity index is 2.16. The Morgan fingerprint density at radius 1 is 1.18 bits per heavy atom. The molecule has 7 heteroatoms. The first-order valence-corrected chi connectivity index (χ1v) is 5.59. The fourth-order valence-electron chi connectivity index (χ4n) is 2.35. The van der Waals surface area contributed by atoms with E-state index < -0.39 is 30.7 Å². The molecule has 17 heavy (non-hydrogen) atoms. The molecular formula is C10H13F3N2O2. The molecule has 4 nitrogen and oxygen atoms in total. The van der Waals surface area contributed by atoms with Gasteiger partial charge in [-0.2, -0.15) is 13.2 Å². The standard InChI is InChI=1S/C10H13F3N2O2/c11-10(12,13)6-15-8(16)7-4-2-1-3-5-14(7)9(15)17/h7H,1-6H2. The van der Waals surface area contributed by atoms with Gasteiger partial charge in [0.05, 0.1) is 0 Å². The molecule has 0 radical (unpaired) electrons. The lowest BCUT2D eigenvalue weighted by atomic mass is 10.1. The van der Waals surface area contributed by atoms with Gasteiger partial charge in [0, 0.05) is 6.54 Å². The van der Waals surface area contributed by atoms with Gasteiger partial charge in [0.15, 0.2) is 0 Å². The average molecular weight is 250 g/mol. The van der Waals surface area contributed by atoms with Crippen molar-refractivity contribution in [1.82, 2.24) is 9.80 Å². The number of alkyl halides is 3. The number of carbonyl (C=O) groups excluding carboxylic acids is 2. The number of nitrogens with zero attached hydrogens (tertiary/aromatic N) is 2. The fourth-order valence-corrected chi connectivity index (χ4v) is 2.35. The van der Waals surface area contributed by atoms with Gasteiger partial charge in [-0.1, -0.05) is 12.8 Å². The third kappa shape index (κ3) is 2.37. The Kier molecular flexibility index (Phi) is 3.01. The number of imide groups is 1. The normalized spacial score (nSPS) is 26.2. The van der Waals surface area contributed by atoms with Gasteiger partial charge >= 0.3 is 12.2 Å². The van der Waals surface area contributed by atoms with E-state index in [1.165, 1.54) is 4.90 Å². The van der Waals surface area contributed by atoms with Crippen LogP contribution < -0.4 is 0 Å². The minimum absolute atomic E-state index is 0.329. The van der Waals surface area contributed by atoms with Crippen LogP contribution >= 0.6 is 0 Å². The molecule has 0 aliphatic carbocycles. The Morgan fingerprint density at radius 3 is 2.53 bits per heavy atom. The number of urea groups is 1. The molecule has 2 aliphatic heterocycles. The molecular weight excluding hydrogens is 237 g/mol. The predicted molar refractivity (Wildman–Crippen MR) is 52.1 cm³/mol. The third-order valence-electron chi connectivity index (χ3n) is 3.12. The van der Waals surface area contributed by atoms with E-state index in [0.717, 1.165) is 19.3 Å². The Bertz CT molecular complexity index is 319. The first-order valence-electron chi connectivity index (χ1n) is 5.59. The highest BCUT2D eigenvalue weighted by molar-refractivity contribution is 6.04. The molecule has 0 aromatic carbocycles. The van der Waals surface area contributed by atoms with Crippen LogP contribution in [0.1, 0.15) is 25.7 Å². The summed E-state index contributed by atoms with van der Waals surface area (Å²) in [6, 6.07) is -1.47. The molecule has 0 spiro atoms. The summed E-state index contributed by atoms with van der Waals surface area (Å²) in [7, 11) is 0. The molecule has 2 heterocycles. The van der Waals surface area contributed by atoms with Crippen molar-refractivity contribution in [3.8, 4) is 0 Å². The van der Waals surface area contributed by atoms with Crippen LogP contribution in [0.15, 0.2) is 0 Å². The van der Waals surface area contributed by atoms with Crippen LogP contribution in [-0.2, 0) is 4.79 Å². The number of fused-ring (bicyclic) bond motifs is 1. The van der Waals surface area contributed by atoms with E-state index in [-0.39, 0.29) is 0 Å². The Labute approximate surface area is 96.4 Å². The number of hydrogen-bond donors (Lipinski definition) is 0. The fraction of sp³-hybridized carbons (Fsp3) is 0.800. The van der Waals surface area contributed by atoms with Gasteiger partial charge in [0.2, 0.25) is 0 Å². The zero-order valence-corrected chi connectivity index (χ0v) is 9.16. The predicted octanol–water partition coefficient (Wildman–Crippen LogP) is 1.76. The zero-order valence-electron chi connectivity index (χ0n) is 9.16. The second-order valence-corrected chi connectivity index (χ2v) is 4.38. The van der Waals surface area contributed by atoms with Gasteiger partial charge < -0.3 is 4.90 Å². The first kappa shape index (κ1) is 12.2. The molecule has 2 rings (SSSR count). The number of rotatable bonds is 1. The summed E-state index contributed by atoms with van der Waals surface area (Å²) in [4.78, 5) is 25.1. The van der Waals surface area contributed by atoms with Gasteiger partial charge in [0.1, 0.15) is 12.6 Å². The summed E-state index contributed by atoms with van der Waals surface area (Å²) in [6.45, 7) is -1.10. The number of halogens is 3. The van der Waals surface area contributed by atoms with Gasteiger partial charge in [-0.15, -0.1) is 0 Å². The molecule has 2 aliphatic rings. The SMILES string of the molecule is O=C1C2CCCCCN2C(=O)N1CC(F)(F)F. The van der Waals surface area contributed by atoms with Crippen LogP contribution in [0.25, 0.3) is 0 Å². The smallest absolute Gasteiger partial charge is 0.312 e. The molecule has 0 aromatic rings. The summed E-state index contributed by atoms with van der Waals surface area (Å²) in [5, 5.41) is 0. The maximum Gasteiger partial charge on any atom is 0.406 e. The summed E-state index contributed by atoms with van der Waals surface area (Å²) in [5.41, 5.74) is 0. The van der Waals surface area contributed by atoms with Gasteiger partial charge in [0.25, 0.3) is 5.91 Å². The van der Waals surface area contributed by atoms with Crippen molar-refractivity contribution in [2.24, 2.45) is 0 Å². The van der Waals surface area contributed by atoms with E-state index in [1.54, 1.807) is 0 Å². The van der Waals surface area contributed by atoms with Gasteiger partial charge in [-0.3, -0.25) is 9.69 Å². The van der Waals surface area contributed by atoms with E-state index in [2.05, 4.69) is 0 Å². The lowest BCUT2D eigenvalue weighted by Crippen LogP contribution is -2.40. The van der Waals surface area contributed by atoms with Crippen molar-refractivity contribution in [3.05, 3.63) is 0 Å². The van der Waals surface area contributed by atoms with E-state index >= 15 is 0 Å². The molecule has 0 aromatic heterocycles. The van der Waals surface area contributed by atoms with E-state index in [9.17, 15) is 22.8 Å². The molecule has 0 N–H and O–H groups in total. The average Bonchev–Trinajstić information content (AvgIpc) is 2.47. The van der Waals surface area contributed by atoms with Crippen molar-refractivity contribution >= 4 is 11.9 Å². The lowest BCUT2D eigenvalue weighted by Gasteiger charge is -2.18. The van der Waals surface area contributed by atoms with Crippen molar-refractivity contribution in [2.45, 2.75) is 37.9 Å². The molecule has 1 unspecified atom stereocenters. The Hall–Kier alpha value is -1.27. The number of amides is 3. The summed E-state index contributed by atoms with van der Waals surface area (Å²) >= 11 is 0. The molecule has 3 amide bonds. The zero-order chi connectivity index (χ0) is 12.6. The van der Waals surface area contributed by atoms with E-state index in [0.29, 0.717) is 17.9 Å². The second kappa shape index (κ2) is 4.19. The molecule has 0 bridgehead atoms. The van der Waals surface area contributed by atoms with Crippen molar-refractivity contribution in [1.29, 1.82) is 0 Å². The quantitative estimate of drug-likeness (QED) is 0.665. The highest BCUT2D eigenvalue weighted by Gasteiger charge is 2.48. The van der Waals surface area contributed by atoms with Crippen LogP contribution in [0.5, 0.6) is 0 Å². The maximum atomic E-state index is 12.2. The monoisotopic (exact) mass is 250 g/mol. The van der Waals surface area contributed by atoms with Crippen LogP contribution in [0.4, 0.5) is 18.0 Å². The molecule has 96 valence electrons. The van der Waals surface area contributed by atoms with Gasteiger partial charge in [-0.05, 0) is 12.8 Å². The second-order valence-electron chi connectivity index (χ2n) is 4.38. The number of carbonyl (C=O) groups is 2. The first-order chi connectivity index (χ1) is 7.90. The van der Waals surface area contributed by atoms with Gasteiger partial charge in [-0.25, -0.2) is 4.79 Å². The van der Waals surface area contributed by atoms with Crippen molar-refractivity contribution in [3.63, 3.8) is 0 Å². The summed E-state index contributed by atoms with van der Waals surface area (Å²) in [5.74, 6) is -0.700. The molecule has 2 fully saturated rings. The van der Waals surface area contributed by atoms with Crippen LogP contribution in [0.2, 0.25) is 0 Å². The van der Waals surface area contributed by atoms with Crippen LogP contribution in [-0.4, -0.2) is 47.0 Å². The highest BCUT2D eigenvalue weighted by atomic mass is 19.4. The van der Waals surface area contributed by atoms with Crippen molar-refractivity contribution < 1.29 is 22.8 Å². The Morgan fingerprint density at radius 2 is 1.88 bits per heavy atom. The molecule has 1 atom stereocenters. The maximum absolute atomic E-state index is 12.2. The van der Waals surface area contributed by atoms with E-state index in [1.807, 2.05) is 0 Å². The largest absolute Gasteiger partial charge is 0.406 e. The van der Waals surface area contributed by atoms with E-state index in [4.69, 9.17) is 0 Å². The summed E-state index contributed by atoms with van der Waals surface area (Å²) in [6.07, 6.45) is -1.63. The summed E-state index contributed by atoms with van der Waals surface area (Å²) < 4.78 is 36.7. The number of hydrogen-bond acceptors (Lipinski definition) is 2.